The highest BCUT2D eigenvalue weighted by molar-refractivity contribution is 5.39. The van der Waals surface area contributed by atoms with E-state index in [2.05, 4.69) is 5.32 Å². The number of ether oxygens (including phenoxy) is 2. The second-order valence-corrected chi connectivity index (χ2v) is 4.76. The van der Waals surface area contributed by atoms with E-state index >= 15 is 0 Å². The summed E-state index contributed by atoms with van der Waals surface area (Å²) in [4.78, 5) is 0. The van der Waals surface area contributed by atoms with Crippen molar-refractivity contribution in [3.05, 3.63) is 48.4 Å². The maximum atomic E-state index is 9.96. The van der Waals surface area contributed by atoms with Gasteiger partial charge in [0.2, 0.25) is 0 Å². The number of furan rings is 1. The van der Waals surface area contributed by atoms with Gasteiger partial charge >= 0.3 is 0 Å². The highest BCUT2D eigenvalue weighted by Crippen LogP contribution is 2.25. The summed E-state index contributed by atoms with van der Waals surface area (Å²) in [5, 5.41) is 13.2. The first-order valence-electron chi connectivity index (χ1n) is 6.91. The molecule has 0 saturated heterocycles. The molecule has 0 spiro atoms. The fraction of sp³-hybridized carbons (Fsp3) is 0.375. The second kappa shape index (κ2) is 7.71. The number of benzene rings is 1. The van der Waals surface area contributed by atoms with Gasteiger partial charge in [-0.2, -0.15) is 0 Å². The monoisotopic (exact) mass is 291 g/mol. The van der Waals surface area contributed by atoms with Crippen molar-refractivity contribution in [3.8, 4) is 11.5 Å². The van der Waals surface area contributed by atoms with E-state index < -0.39 is 6.10 Å². The molecular formula is C16H21NO4. The van der Waals surface area contributed by atoms with Gasteiger partial charge in [-0.1, -0.05) is 12.1 Å². The summed E-state index contributed by atoms with van der Waals surface area (Å²) in [7, 11) is 1.59. The molecule has 0 fully saturated rings. The van der Waals surface area contributed by atoms with Crippen LogP contribution in [0.2, 0.25) is 0 Å². The molecule has 1 heterocycles. The Morgan fingerprint density at radius 3 is 2.62 bits per heavy atom. The van der Waals surface area contributed by atoms with Crippen molar-refractivity contribution in [1.82, 2.24) is 5.32 Å². The van der Waals surface area contributed by atoms with E-state index in [4.69, 9.17) is 13.9 Å². The largest absolute Gasteiger partial charge is 0.493 e. The summed E-state index contributed by atoms with van der Waals surface area (Å²) in [6, 6.07) is 11.1. The Morgan fingerprint density at radius 1 is 1.19 bits per heavy atom. The molecular weight excluding hydrogens is 270 g/mol. The van der Waals surface area contributed by atoms with Crippen LogP contribution in [0.3, 0.4) is 0 Å². The zero-order valence-corrected chi connectivity index (χ0v) is 12.3. The van der Waals surface area contributed by atoms with Crippen LogP contribution in [-0.4, -0.2) is 31.5 Å². The zero-order chi connectivity index (χ0) is 15.1. The Bertz CT molecular complexity index is 527. The molecule has 2 rings (SSSR count). The molecule has 1 aromatic carbocycles. The molecule has 1 aromatic heterocycles. The van der Waals surface area contributed by atoms with Gasteiger partial charge in [-0.25, -0.2) is 0 Å². The molecule has 2 N–H and O–H groups in total. The third kappa shape index (κ3) is 4.51. The van der Waals surface area contributed by atoms with Gasteiger partial charge in [0, 0.05) is 6.54 Å². The van der Waals surface area contributed by atoms with E-state index in [0.717, 1.165) is 5.76 Å². The molecule has 2 aromatic rings. The summed E-state index contributed by atoms with van der Waals surface area (Å²) >= 11 is 0. The third-order valence-corrected chi connectivity index (χ3v) is 3.13. The van der Waals surface area contributed by atoms with Gasteiger partial charge in [-0.05, 0) is 31.2 Å². The van der Waals surface area contributed by atoms with Crippen molar-refractivity contribution in [2.24, 2.45) is 0 Å². The van der Waals surface area contributed by atoms with Crippen LogP contribution in [0.1, 0.15) is 18.7 Å². The molecule has 114 valence electrons. The lowest BCUT2D eigenvalue weighted by Crippen LogP contribution is -2.32. The van der Waals surface area contributed by atoms with Crippen molar-refractivity contribution < 1.29 is 19.0 Å². The van der Waals surface area contributed by atoms with Crippen LogP contribution >= 0.6 is 0 Å². The van der Waals surface area contributed by atoms with Gasteiger partial charge in [0.25, 0.3) is 0 Å². The van der Waals surface area contributed by atoms with E-state index in [1.54, 1.807) is 13.4 Å². The molecule has 2 atom stereocenters. The van der Waals surface area contributed by atoms with Gasteiger partial charge in [0.1, 0.15) is 18.5 Å². The molecule has 0 bridgehead atoms. The topological polar surface area (TPSA) is 63.9 Å². The average molecular weight is 291 g/mol. The van der Waals surface area contributed by atoms with Crippen molar-refractivity contribution in [2.45, 2.75) is 19.1 Å². The summed E-state index contributed by atoms with van der Waals surface area (Å²) in [6.45, 7) is 2.59. The quantitative estimate of drug-likeness (QED) is 0.782. The third-order valence-electron chi connectivity index (χ3n) is 3.13. The van der Waals surface area contributed by atoms with Gasteiger partial charge in [0.05, 0.1) is 19.4 Å². The Labute approximate surface area is 124 Å². The van der Waals surface area contributed by atoms with Gasteiger partial charge in [-0.3, -0.25) is 0 Å². The van der Waals surface area contributed by atoms with Gasteiger partial charge < -0.3 is 24.3 Å². The Balaban J connectivity index is 1.76. The number of hydrogen-bond acceptors (Lipinski definition) is 5. The summed E-state index contributed by atoms with van der Waals surface area (Å²) in [5.74, 6) is 2.12. The summed E-state index contributed by atoms with van der Waals surface area (Å²) in [5.41, 5.74) is 0. The number of hydrogen-bond donors (Lipinski definition) is 2. The molecule has 0 aliphatic rings. The number of methoxy groups -OCH3 is 1. The molecule has 0 aliphatic carbocycles. The first kappa shape index (κ1) is 15.4. The number of rotatable bonds is 8. The van der Waals surface area contributed by atoms with E-state index in [0.29, 0.717) is 18.0 Å². The lowest BCUT2D eigenvalue weighted by molar-refractivity contribution is 0.102. The fourth-order valence-electron chi connectivity index (χ4n) is 1.93. The first-order chi connectivity index (χ1) is 10.2. The highest BCUT2D eigenvalue weighted by Gasteiger charge is 2.12. The second-order valence-electron chi connectivity index (χ2n) is 4.76. The van der Waals surface area contributed by atoms with Gasteiger partial charge in [0.15, 0.2) is 11.5 Å². The molecule has 0 aliphatic heterocycles. The number of nitrogens with one attached hydrogen (secondary N) is 1. The van der Waals surface area contributed by atoms with E-state index in [9.17, 15) is 5.11 Å². The van der Waals surface area contributed by atoms with Gasteiger partial charge in [-0.15, -0.1) is 0 Å². The SMILES string of the molecule is COc1ccccc1OCC(O)CNC(C)c1ccco1. The first-order valence-corrected chi connectivity index (χ1v) is 6.91. The van der Waals surface area contributed by atoms with Crippen LogP contribution in [0.5, 0.6) is 11.5 Å². The Kier molecular flexibility index (Phi) is 5.66. The molecule has 2 unspecified atom stereocenters. The van der Waals surface area contributed by atoms with E-state index in [1.807, 2.05) is 43.3 Å². The predicted octanol–water partition coefficient (Wildman–Crippen LogP) is 2.38. The summed E-state index contributed by atoms with van der Waals surface area (Å²) in [6.07, 6.45) is 1.02. The van der Waals surface area contributed by atoms with Crippen LogP contribution in [0, 0.1) is 0 Å². The van der Waals surface area contributed by atoms with Crippen molar-refractivity contribution in [2.75, 3.05) is 20.3 Å². The standard InChI is InChI=1S/C16H21NO4/c1-12(14-8-5-9-20-14)17-10-13(18)11-21-16-7-4-3-6-15(16)19-2/h3-9,12-13,17-18H,10-11H2,1-2H3. The lowest BCUT2D eigenvalue weighted by Gasteiger charge is -2.17. The summed E-state index contributed by atoms with van der Waals surface area (Å²) < 4.78 is 16.1. The molecule has 0 saturated carbocycles. The van der Waals surface area contributed by atoms with Crippen LogP contribution < -0.4 is 14.8 Å². The van der Waals surface area contributed by atoms with Crippen molar-refractivity contribution in [1.29, 1.82) is 0 Å². The molecule has 5 nitrogen and oxygen atoms in total. The Morgan fingerprint density at radius 2 is 1.95 bits per heavy atom. The normalized spacial score (nSPS) is 13.7. The Hall–Kier alpha value is -1.98. The minimum atomic E-state index is -0.618. The maximum Gasteiger partial charge on any atom is 0.161 e. The molecule has 0 amide bonds. The fourth-order valence-corrected chi connectivity index (χ4v) is 1.93. The lowest BCUT2D eigenvalue weighted by atomic mass is 10.2. The number of aliphatic hydroxyl groups excluding tert-OH is 1. The molecule has 5 heteroatoms. The average Bonchev–Trinajstić information content (AvgIpc) is 3.05. The van der Waals surface area contributed by atoms with E-state index in [1.165, 1.54) is 0 Å². The van der Waals surface area contributed by atoms with Crippen LogP contribution in [0.4, 0.5) is 0 Å². The van der Waals surface area contributed by atoms with Crippen LogP contribution in [0.15, 0.2) is 47.1 Å². The van der Waals surface area contributed by atoms with Crippen LogP contribution in [-0.2, 0) is 0 Å². The minimum absolute atomic E-state index is 0.0425. The van der Waals surface area contributed by atoms with E-state index in [-0.39, 0.29) is 12.6 Å². The minimum Gasteiger partial charge on any atom is -0.493 e. The smallest absolute Gasteiger partial charge is 0.161 e. The van der Waals surface area contributed by atoms with Crippen LogP contribution in [0.25, 0.3) is 0 Å². The zero-order valence-electron chi connectivity index (χ0n) is 12.3. The van der Waals surface area contributed by atoms with Crippen molar-refractivity contribution in [3.63, 3.8) is 0 Å². The molecule has 0 radical (unpaired) electrons. The highest BCUT2D eigenvalue weighted by atomic mass is 16.5. The number of aliphatic hydroxyl groups is 1. The molecule has 21 heavy (non-hydrogen) atoms. The van der Waals surface area contributed by atoms with Crippen molar-refractivity contribution >= 4 is 0 Å². The number of para-hydroxylation sites is 2. The maximum absolute atomic E-state index is 9.96. The predicted molar refractivity (Wildman–Crippen MR) is 79.6 cm³/mol.